The zero-order valence-electron chi connectivity index (χ0n) is 12.1. The fraction of sp³-hybridized carbons (Fsp3) is 0.533. The number of ether oxygens (including phenoxy) is 2. The molecule has 0 aromatic heterocycles. The first-order valence-electron chi connectivity index (χ1n) is 6.98. The minimum absolute atomic E-state index is 0.0184. The van der Waals surface area contributed by atoms with Crippen molar-refractivity contribution in [2.24, 2.45) is 5.73 Å². The van der Waals surface area contributed by atoms with Gasteiger partial charge in [0, 0.05) is 24.7 Å². The van der Waals surface area contributed by atoms with Crippen molar-refractivity contribution in [1.82, 2.24) is 4.90 Å². The highest BCUT2D eigenvalue weighted by Crippen LogP contribution is 2.25. The summed E-state index contributed by atoms with van der Waals surface area (Å²) >= 11 is 0. The van der Waals surface area contributed by atoms with Gasteiger partial charge >= 0.3 is 0 Å². The molecule has 0 bridgehead atoms. The molecule has 20 heavy (non-hydrogen) atoms. The third-order valence-electron chi connectivity index (χ3n) is 3.36. The lowest BCUT2D eigenvalue weighted by Crippen LogP contribution is -2.41. The quantitative estimate of drug-likeness (QED) is 0.885. The van der Waals surface area contributed by atoms with Crippen LogP contribution in [0, 0.1) is 0 Å². The molecule has 0 radical (unpaired) electrons. The van der Waals surface area contributed by atoms with E-state index in [2.05, 4.69) is 0 Å². The van der Waals surface area contributed by atoms with Gasteiger partial charge in [-0.05, 0) is 31.5 Å². The maximum Gasteiger partial charge on any atom is 0.248 e. The van der Waals surface area contributed by atoms with Crippen molar-refractivity contribution in [3.63, 3.8) is 0 Å². The van der Waals surface area contributed by atoms with Crippen molar-refractivity contribution < 1.29 is 14.3 Å². The first-order valence-corrected chi connectivity index (χ1v) is 6.98. The molecule has 5 nitrogen and oxygen atoms in total. The summed E-state index contributed by atoms with van der Waals surface area (Å²) in [6.07, 6.45) is 0. The summed E-state index contributed by atoms with van der Waals surface area (Å²) in [5, 5.41) is 0. The average Bonchev–Trinajstić information content (AvgIpc) is 2.43. The Morgan fingerprint density at radius 3 is 2.95 bits per heavy atom. The second kappa shape index (κ2) is 6.72. The van der Waals surface area contributed by atoms with Gasteiger partial charge in [-0.1, -0.05) is 6.07 Å². The van der Waals surface area contributed by atoms with Crippen LogP contribution < -0.4 is 10.5 Å². The first-order chi connectivity index (χ1) is 9.61. The van der Waals surface area contributed by atoms with Gasteiger partial charge < -0.3 is 20.1 Å². The Morgan fingerprint density at radius 1 is 1.50 bits per heavy atom. The van der Waals surface area contributed by atoms with Crippen LogP contribution in [-0.4, -0.2) is 37.2 Å². The highest BCUT2D eigenvalue weighted by molar-refractivity contribution is 5.78. The van der Waals surface area contributed by atoms with Crippen LogP contribution in [0.4, 0.5) is 0 Å². The van der Waals surface area contributed by atoms with Crippen molar-refractivity contribution in [2.75, 3.05) is 26.4 Å². The fourth-order valence-electron chi connectivity index (χ4n) is 2.23. The van der Waals surface area contributed by atoms with E-state index in [4.69, 9.17) is 15.2 Å². The number of amides is 1. The summed E-state index contributed by atoms with van der Waals surface area (Å²) in [6.45, 7) is 6.40. The van der Waals surface area contributed by atoms with Gasteiger partial charge in [-0.25, -0.2) is 0 Å². The molecule has 1 amide bonds. The molecule has 2 rings (SSSR count). The van der Waals surface area contributed by atoms with E-state index in [0.29, 0.717) is 26.3 Å². The second-order valence-electron chi connectivity index (χ2n) is 4.96. The number of benzene rings is 1. The monoisotopic (exact) mass is 278 g/mol. The average molecular weight is 278 g/mol. The number of hydrogen-bond acceptors (Lipinski definition) is 4. The Hall–Kier alpha value is -1.59. The number of carbonyl (C=O) groups excluding carboxylic acids is 1. The van der Waals surface area contributed by atoms with Gasteiger partial charge in [-0.15, -0.1) is 0 Å². The van der Waals surface area contributed by atoms with E-state index in [-0.39, 0.29) is 18.6 Å². The third kappa shape index (κ3) is 3.49. The number of hydrogen-bond donors (Lipinski definition) is 1. The van der Waals surface area contributed by atoms with Crippen LogP contribution in [0.2, 0.25) is 0 Å². The second-order valence-corrected chi connectivity index (χ2v) is 4.96. The SMILES string of the molecule is CCOc1ccc(C(C)N)cc1CN1CCOCC1=O. The van der Waals surface area contributed by atoms with Gasteiger partial charge in [-0.3, -0.25) is 4.79 Å². The summed E-state index contributed by atoms with van der Waals surface area (Å²) in [5.74, 6) is 0.834. The smallest absolute Gasteiger partial charge is 0.248 e. The number of rotatable bonds is 5. The third-order valence-corrected chi connectivity index (χ3v) is 3.36. The van der Waals surface area contributed by atoms with Crippen LogP contribution in [-0.2, 0) is 16.1 Å². The normalized spacial score (nSPS) is 17.1. The molecule has 1 fully saturated rings. The Kier molecular flexibility index (Phi) is 4.98. The van der Waals surface area contributed by atoms with Crippen molar-refractivity contribution in [1.29, 1.82) is 0 Å². The van der Waals surface area contributed by atoms with Crippen LogP contribution in [0.25, 0.3) is 0 Å². The Balaban J connectivity index is 2.22. The molecule has 0 saturated carbocycles. The molecule has 110 valence electrons. The predicted octanol–water partition coefficient (Wildman–Crippen LogP) is 1.46. The molecular formula is C15H22N2O3. The zero-order chi connectivity index (χ0) is 14.5. The highest BCUT2D eigenvalue weighted by atomic mass is 16.5. The van der Waals surface area contributed by atoms with Gasteiger partial charge in [0.15, 0.2) is 0 Å². The largest absolute Gasteiger partial charge is 0.494 e. The standard InChI is InChI=1S/C15H22N2O3/c1-3-20-14-5-4-12(11(2)16)8-13(14)9-17-6-7-19-10-15(17)18/h4-5,8,11H,3,6-7,9-10,16H2,1-2H3. The molecule has 1 unspecified atom stereocenters. The van der Waals surface area contributed by atoms with E-state index < -0.39 is 0 Å². The van der Waals surface area contributed by atoms with Gasteiger partial charge in [-0.2, -0.15) is 0 Å². The number of morpholine rings is 1. The van der Waals surface area contributed by atoms with Crippen molar-refractivity contribution >= 4 is 5.91 Å². The molecule has 1 aliphatic heterocycles. The van der Waals surface area contributed by atoms with Gasteiger partial charge in [0.2, 0.25) is 5.91 Å². The molecular weight excluding hydrogens is 256 g/mol. The fourth-order valence-corrected chi connectivity index (χ4v) is 2.23. The molecule has 0 spiro atoms. The summed E-state index contributed by atoms with van der Waals surface area (Å²) in [7, 11) is 0. The topological polar surface area (TPSA) is 64.8 Å². The lowest BCUT2D eigenvalue weighted by atomic mass is 10.0. The maximum absolute atomic E-state index is 11.8. The zero-order valence-corrected chi connectivity index (χ0v) is 12.1. The van der Waals surface area contributed by atoms with Crippen molar-refractivity contribution in [2.45, 2.75) is 26.4 Å². The van der Waals surface area contributed by atoms with E-state index in [1.54, 1.807) is 4.90 Å². The Morgan fingerprint density at radius 2 is 2.30 bits per heavy atom. The molecule has 1 atom stereocenters. The van der Waals surface area contributed by atoms with Gasteiger partial charge in [0.1, 0.15) is 12.4 Å². The molecule has 1 aromatic carbocycles. The predicted molar refractivity (Wildman–Crippen MR) is 76.4 cm³/mol. The van der Waals surface area contributed by atoms with E-state index in [9.17, 15) is 4.79 Å². The number of nitrogens with zero attached hydrogens (tertiary/aromatic N) is 1. The minimum Gasteiger partial charge on any atom is -0.494 e. The van der Waals surface area contributed by atoms with E-state index >= 15 is 0 Å². The molecule has 1 saturated heterocycles. The number of carbonyl (C=O) groups is 1. The van der Waals surface area contributed by atoms with E-state index in [1.807, 2.05) is 32.0 Å². The van der Waals surface area contributed by atoms with Crippen LogP contribution in [0.1, 0.15) is 31.0 Å². The van der Waals surface area contributed by atoms with Gasteiger partial charge in [0.25, 0.3) is 0 Å². The maximum atomic E-state index is 11.8. The molecule has 5 heteroatoms. The lowest BCUT2D eigenvalue weighted by molar-refractivity contribution is -0.143. The van der Waals surface area contributed by atoms with Crippen LogP contribution >= 0.6 is 0 Å². The van der Waals surface area contributed by atoms with Gasteiger partial charge in [0.05, 0.1) is 13.2 Å². The molecule has 0 aliphatic carbocycles. The van der Waals surface area contributed by atoms with Crippen LogP contribution in [0.5, 0.6) is 5.75 Å². The van der Waals surface area contributed by atoms with E-state index in [1.165, 1.54) is 0 Å². The number of nitrogens with two attached hydrogens (primary N) is 1. The molecule has 1 aliphatic rings. The molecule has 2 N–H and O–H groups in total. The van der Waals surface area contributed by atoms with Crippen LogP contribution in [0.3, 0.4) is 0 Å². The Bertz CT molecular complexity index is 474. The summed E-state index contributed by atoms with van der Waals surface area (Å²) < 4.78 is 10.8. The first kappa shape index (κ1) is 14.8. The van der Waals surface area contributed by atoms with Crippen LogP contribution in [0.15, 0.2) is 18.2 Å². The highest BCUT2D eigenvalue weighted by Gasteiger charge is 2.20. The lowest BCUT2D eigenvalue weighted by Gasteiger charge is -2.27. The summed E-state index contributed by atoms with van der Waals surface area (Å²) in [4.78, 5) is 13.6. The summed E-state index contributed by atoms with van der Waals surface area (Å²) in [5.41, 5.74) is 7.97. The van der Waals surface area contributed by atoms with Crippen molar-refractivity contribution in [3.8, 4) is 5.75 Å². The molecule has 1 aromatic rings. The molecule has 1 heterocycles. The Labute approximate surface area is 119 Å². The summed E-state index contributed by atoms with van der Waals surface area (Å²) in [6, 6.07) is 5.89. The van der Waals surface area contributed by atoms with Crippen molar-refractivity contribution in [3.05, 3.63) is 29.3 Å². The van der Waals surface area contributed by atoms with E-state index in [0.717, 1.165) is 16.9 Å². The minimum atomic E-state index is -0.0372.